The molecule has 0 saturated heterocycles. The molecule has 2 heterocycles. The molecule has 4 aromatic rings. The molecule has 194 valence electrons. The second-order valence-corrected chi connectivity index (χ2v) is 10.8. The number of hydrogen-bond acceptors (Lipinski definition) is 5. The molecule has 0 bridgehead atoms. The van der Waals surface area contributed by atoms with Gasteiger partial charge in [-0.15, -0.1) is 11.3 Å². The fourth-order valence-electron chi connectivity index (χ4n) is 4.81. The molecule has 0 spiro atoms. The summed E-state index contributed by atoms with van der Waals surface area (Å²) >= 11 is 1.85. The van der Waals surface area contributed by atoms with Crippen molar-refractivity contribution in [3.63, 3.8) is 0 Å². The number of carboxylic acids is 1. The molecule has 6 nitrogen and oxygen atoms in total. The monoisotopic (exact) mass is 518 g/mol. The van der Waals surface area contributed by atoms with E-state index >= 15 is 0 Å². The lowest BCUT2D eigenvalue weighted by Gasteiger charge is -2.13. The van der Waals surface area contributed by atoms with Crippen LogP contribution in [-0.4, -0.2) is 34.3 Å². The Balaban J connectivity index is 1.16. The molecular weight excluding hydrogens is 484 g/mol. The van der Waals surface area contributed by atoms with E-state index in [0.717, 1.165) is 53.1 Å². The molecule has 1 aliphatic carbocycles. The van der Waals surface area contributed by atoms with Crippen LogP contribution in [0.25, 0.3) is 21.5 Å². The molecule has 0 radical (unpaired) electrons. The lowest BCUT2D eigenvalue weighted by Crippen LogP contribution is -2.07. The van der Waals surface area contributed by atoms with E-state index in [1.807, 2.05) is 35.6 Å². The number of H-pyrrole nitrogens is 1. The van der Waals surface area contributed by atoms with E-state index in [0.29, 0.717) is 18.9 Å². The van der Waals surface area contributed by atoms with E-state index in [2.05, 4.69) is 30.1 Å². The van der Waals surface area contributed by atoms with E-state index in [1.165, 1.54) is 41.0 Å². The molecule has 2 N–H and O–H groups in total. The number of carboxylic acid groups (broad SMARTS) is 1. The third-order valence-corrected chi connectivity index (χ3v) is 8.14. The number of thiazole rings is 1. The molecule has 2 aromatic carbocycles. The number of nitrogens with one attached hydrogen (secondary N) is 1. The smallest absolute Gasteiger partial charge is 0.312 e. The Bertz CT molecular complexity index is 1370. The molecule has 0 aliphatic heterocycles. The fraction of sp³-hybridized carbons (Fsp3) is 0.400. The topological polar surface area (TPSA) is 84.4 Å². The van der Waals surface area contributed by atoms with Gasteiger partial charge in [-0.1, -0.05) is 13.3 Å². The molecule has 0 fully saturated rings. The maximum atomic E-state index is 11.3. The molecule has 2 aromatic heterocycles. The lowest BCUT2D eigenvalue weighted by atomic mass is 10.0. The zero-order valence-corrected chi connectivity index (χ0v) is 22.3. The quantitative estimate of drug-likeness (QED) is 0.206. The molecule has 0 amide bonds. The average molecular weight is 519 g/mol. The molecule has 1 unspecified atom stereocenters. The van der Waals surface area contributed by atoms with Gasteiger partial charge in [0, 0.05) is 33.5 Å². The number of aromatic amines is 1. The summed E-state index contributed by atoms with van der Waals surface area (Å²) < 4.78 is 12.1. The molecule has 1 aliphatic rings. The normalized spacial score (nSPS) is 13.9. The predicted octanol–water partition coefficient (Wildman–Crippen LogP) is 7.16. The van der Waals surface area contributed by atoms with E-state index in [-0.39, 0.29) is 0 Å². The third-order valence-electron chi connectivity index (χ3n) is 6.94. The van der Waals surface area contributed by atoms with Crippen LogP contribution < -0.4 is 9.47 Å². The van der Waals surface area contributed by atoms with Gasteiger partial charge in [0.15, 0.2) is 0 Å². The zero-order valence-electron chi connectivity index (χ0n) is 21.5. The summed E-state index contributed by atoms with van der Waals surface area (Å²) in [5.74, 6) is 0.290. The van der Waals surface area contributed by atoms with Gasteiger partial charge in [0.1, 0.15) is 16.5 Å². The summed E-state index contributed by atoms with van der Waals surface area (Å²) in [7, 11) is 0. The van der Waals surface area contributed by atoms with Gasteiger partial charge >= 0.3 is 5.97 Å². The van der Waals surface area contributed by atoms with E-state index in [9.17, 15) is 9.90 Å². The number of aryl methyl sites for hydroxylation is 3. The molecule has 37 heavy (non-hydrogen) atoms. The minimum atomic E-state index is -0.846. The molecule has 1 atom stereocenters. The van der Waals surface area contributed by atoms with E-state index in [1.54, 1.807) is 6.92 Å². The van der Waals surface area contributed by atoms with Crippen molar-refractivity contribution < 1.29 is 19.4 Å². The van der Waals surface area contributed by atoms with Crippen LogP contribution in [0.3, 0.4) is 0 Å². The van der Waals surface area contributed by atoms with Crippen LogP contribution in [0, 0.1) is 0 Å². The van der Waals surface area contributed by atoms with Crippen molar-refractivity contribution in [1.82, 2.24) is 9.97 Å². The average Bonchev–Trinajstić information content (AvgIpc) is 3.53. The van der Waals surface area contributed by atoms with Gasteiger partial charge in [0.25, 0.3) is 0 Å². The molecule has 7 heteroatoms. The Morgan fingerprint density at radius 1 is 1.11 bits per heavy atom. The minimum absolute atomic E-state index is 0.542. The predicted molar refractivity (Wildman–Crippen MR) is 148 cm³/mol. The Morgan fingerprint density at radius 3 is 2.76 bits per heavy atom. The summed E-state index contributed by atoms with van der Waals surface area (Å²) in [4.78, 5) is 20.8. The number of ether oxygens (including phenoxy) is 2. The highest BCUT2D eigenvalue weighted by atomic mass is 32.1. The highest BCUT2D eigenvalue weighted by molar-refractivity contribution is 7.15. The number of fused-ring (bicyclic) bond motifs is 2. The number of benzene rings is 2. The summed E-state index contributed by atoms with van der Waals surface area (Å²) in [5.41, 5.74) is 5.33. The van der Waals surface area contributed by atoms with Gasteiger partial charge in [-0.25, -0.2) is 4.98 Å². The Kier molecular flexibility index (Phi) is 7.79. The second kappa shape index (κ2) is 11.4. The first-order chi connectivity index (χ1) is 18.0. The number of rotatable bonds is 11. The van der Waals surface area contributed by atoms with Crippen LogP contribution in [0.5, 0.6) is 11.5 Å². The van der Waals surface area contributed by atoms with Gasteiger partial charge in [-0.05, 0) is 87.1 Å². The van der Waals surface area contributed by atoms with Crippen LogP contribution in [0.15, 0.2) is 42.5 Å². The Morgan fingerprint density at radius 2 is 1.95 bits per heavy atom. The van der Waals surface area contributed by atoms with Gasteiger partial charge in [0.05, 0.1) is 24.8 Å². The van der Waals surface area contributed by atoms with Crippen molar-refractivity contribution in [1.29, 1.82) is 0 Å². The first-order valence-electron chi connectivity index (χ1n) is 13.2. The van der Waals surface area contributed by atoms with Gasteiger partial charge in [-0.2, -0.15) is 0 Å². The first-order valence-corrected chi connectivity index (χ1v) is 14.1. The van der Waals surface area contributed by atoms with Crippen LogP contribution in [0.2, 0.25) is 0 Å². The Labute approximate surface area is 221 Å². The summed E-state index contributed by atoms with van der Waals surface area (Å²) in [6.45, 7) is 4.99. The highest BCUT2D eigenvalue weighted by Gasteiger charge is 2.18. The van der Waals surface area contributed by atoms with Gasteiger partial charge in [-0.3, -0.25) is 4.79 Å². The first kappa shape index (κ1) is 25.3. The summed E-state index contributed by atoms with van der Waals surface area (Å²) in [6.07, 6.45) is 7.61. The van der Waals surface area contributed by atoms with Crippen LogP contribution in [-0.2, 0) is 24.1 Å². The van der Waals surface area contributed by atoms with Crippen molar-refractivity contribution in [2.75, 3.05) is 13.2 Å². The van der Waals surface area contributed by atoms with Crippen molar-refractivity contribution in [3.8, 4) is 22.1 Å². The fourth-order valence-corrected chi connectivity index (χ4v) is 5.96. The number of carbonyl (C=O) groups is 1. The van der Waals surface area contributed by atoms with Crippen LogP contribution in [0.1, 0.15) is 67.3 Å². The van der Waals surface area contributed by atoms with Crippen molar-refractivity contribution in [2.45, 2.75) is 64.7 Å². The second-order valence-electron chi connectivity index (χ2n) is 9.75. The van der Waals surface area contributed by atoms with E-state index < -0.39 is 11.9 Å². The number of nitrogens with zero attached hydrogens (tertiary/aromatic N) is 1. The van der Waals surface area contributed by atoms with Crippen LogP contribution >= 0.6 is 11.3 Å². The lowest BCUT2D eigenvalue weighted by molar-refractivity contribution is -0.138. The molecular formula is C30H34N2O4S. The summed E-state index contributed by atoms with van der Waals surface area (Å²) in [5, 5.41) is 11.3. The largest absolute Gasteiger partial charge is 0.493 e. The minimum Gasteiger partial charge on any atom is -0.493 e. The van der Waals surface area contributed by atoms with Crippen molar-refractivity contribution in [2.24, 2.45) is 0 Å². The van der Waals surface area contributed by atoms with Crippen LogP contribution in [0.4, 0.5) is 0 Å². The molecule has 0 saturated carbocycles. The third kappa shape index (κ3) is 5.82. The van der Waals surface area contributed by atoms with Gasteiger partial charge < -0.3 is 19.6 Å². The number of aromatic nitrogens is 2. The Hall–Kier alpha value is -3.32. The maximum absolute atomic E-state index is 11.3. The summed E-state index contributed by atoms with van der Waals surface area (Å²) in [6, 6.07) is 14.1. The van der Waals surface area contributed by atoms with Crippen molar-refractivity contribution in [3.05, 3.63) is 64.3 Å². The highest BCUT2D eigenvalue weighted by Crippen LogP contribution is 2.35. The van der Waals surface area contributed by atoms with Gasteiger partial charge in [0.2, 0.25) is 0 Å². The maximum Gasteiger partial charge on any atom is 0.312 e. The number of aliphatic carboxylic acids is 1. The van der Waals surface area contributed by atoms with E-state index in [4.69, 9.17) is 14.5 Å². The number of hydrogen-bond donors (Lipinski definition) is 2. The SMILES string of the molecule is CCCc1cc(-c2nc3c(s2)CCCC3)ccc1OCCCOc1ccc2[nH]c(C(C)C(=O)O)cc2c1. The van der Waals surface area contributed by atoms with Crippen molar-refractivity contribution >= 4 is 28.2 Å². The molecule has 5 rings (SSSR count). The zero-order chi connectivity index (χ0) is 25.8. The standard InChI is InChI=1S/C30H34N2O4S/c1-3-7-20-16-21(29-32-25-8-4-5-9-28(25)37-29)10-13-27(20)36-15-6-14-35-23-11-12-24-22(17-23)18-26(31-24)19(2)30(33)34/h10-13,16-19,31H,3-9,14-15H2,1-2H3,(H,33,34).